The Hall–Kier alpha value is -2.83. The molecule has 1 aromatic heterocycles. The molecule has 0 aliphatic rings. The maximum absolute atomic E-state index is 11.7. The fourth-order valence-electron chi connectivity index (χ4n) is 1.91. The highest BCUT2D eigenvalue weighted by Crippen LogP contribution is 2.20. The monoisotopic (exact) mass is 303 g/mol. The minimum atomic E-state index is -1.17. The lowest BCUT2D eigenvalue weighted by molar-refractivity contribution is -0.135. The number of benzene rings is 1. The van der Waals surface area contributed by atoms with E-state index in [1.165, 1.54) is 16.4 Å². The fraction of sp³-hybridized carbons (Fsp3) is 0.267. The summed E-state index contributed by atoms with van der Waals surface area (Å²) in [4.78, 5) is 22.2. The van der Waals surface area contributed by atoms with Crippen molar-refractivity contribution in [1.29, 1.82) is 0 Å². The highest BCUT2D eigenvalue weighted by Gasteiger charge is 2.17. The highest BCUT2D eigenvalue weighted by molar-refractivity contribution is 5.96. The van der Waals surface area contributed by atoms with Crippen LogP contribution in [-0.4, -0.2) is 38.4 Å². The molecule has 2 aromatic rings. The van der Waals surface area contributed by atoms with Gasteiger partial charge in [0.1, 0.15) is 6.54 Å². The van der Waals surface area contributed by atoms with Crippen LogP contribution in [0.5, 0.6) is 5.75 Å². The third kappa shape index (κ3) is 3.43. The van der Waals surface area contributed by atoms with Crippen molar-refractivity contribution >= 4 is 11.9 Å². The molecule has 1 heterocycles. The van der Waals surface area contributed by atoms with Crippen molar-refractivity contribution in [3.8, 4) is 11.4 Å². The van der Waals surface area contributed by atoms with E-state index in [0.29, 0.717) is 11.6 Å². The first-order valence-corrected chi connectivity index (χ1v) is 6.77. The smallest absolute Gasteiger partial charge is 0.322 e. The van der Waals surface area contributed by atoms with Gasteiger partial charge in [0.15, 0.2) is 11.4 Å². The van der Waals surface area contributed by atoms with Gasteiger partial charge in [-0.05, 0) is 23.6 Å². The molecule has 0 bridgehead atoms. The third-order valence-electron chi connectivity index (χ3n) is 3.13. The molecule has 0 spiro atoms. The molecule has 0 saturated heterocycles. The topological polar surface area (TPSA) is 104 Å². The minimum absolute atomic E-state index is 0.214. The van der Waals surface area contributed by atoms with Gasteiger partial charge >= 0.3 is 5.97 Å². The average molecular weight is 303 g/mol. The molecule has 1 amide bonds. The van der Waals surface area contributed by atoms with E-state index >= 15 is 0 Å². The molecule has 22 heavy (non-hydrogen) atoms. The second kappa shape index (κ2) is 6.30. The van der Waals surface area contributed by atoms with Crippen LogP contribution >= 0.6 is 0 Å². The molecule has 1 aromatic carbocycles. The van der Waals surface area contributed by atoms with Crippen LogP contribution in [0.25, 0.3) is 5.69 Å². The van der Waals surface area contributed by atoms with Gasteiger partial charge in [0, 0.05) is 0 Å². The van der Waals surface area contributed by atoms with Crippen LogP contribution in [0.2, 0.25) is 0 Å². The van der Waals surface area contributed by atoms with Gasteiger partial charge in [0.2, 0.25) is 0 Å². The number of rotatable bonds is 5. The first-order valence-electron chi connectivity index (χ1n) is 6.77. The Balaban J connectivity index is 2.21. The zero-order valence-electron chi connectivity index (χ0n) is 12.3. The number of aromatic hydroxyl groups is 1. The fourth-order valence-corrected chi connectivity index (χ4v) is 1.91. The van der Waals surface area contributed by atoms with Gasteiger partial charge in [0.05, 0.1) is 11.9 Å². The summed E-state index contributed by atoms with van der Waals surface area (Å²) < 4.78 is 1.37. The van der Waals surface area contributed by atoms with E-state index in [-0.39, 0.29) is 11.4 Å². The third-order valence-corrected chi connectivity index (χ3v) is 3.13. The van der Waals surface area contributed by atoms with E-state index in [9.17, 15) is 14.7 Å². The molecular formula is C15H17N3O4. The van der Waals surface area contributed by atoms with Gasteiger partial charge in [-0.15, -0.1) is 0 Å². The van der Waals surface area contributed by atoms with Gasteiger partial charge in [-0.25, -0.2) is 4.68 Å². The number of carboxylic acid groups (broad SMARTS) is 1. The van der Waals surface area contributed by atoms with E-state index in [4.69, 9.17) is 5.11 Å². The van der Waals surface area contributed by atoms with Crippen LogP contribution in [0.3, 0.4) is 0 Å². The second-order valence-electron chi connectivity index (χ2n) is 5.13. The number of hydrogen-bond donors (Lipinski definition) is 3. The number of aromatic nitrogens is 2. The summed E-state index contributed by atoms with van der Waals surface area (Å²) in [5.41, 5.74) is 1.64. The van der Waals surface area contributed by atoms with Crippen LogP contribution in [0.4, 0.5) is 0 Å². The van der Waals surface area contributed by atoms with E-state index in [0.717, 1.165) is 0 Å². The normalized spacial score (nSPS) is 10.7. The van der Waals surface area contributed by atoms with Crippen molar-refractivity contribution in [3.63, 3.8) is 0 Å². The largest absolute Gasteiger partial charge is 0.504 e. The first kappa shape index (κ1) is 15.6. The number of carbonyl (C=O) groups is 2. The molecule has 0 aliphatic carbocycles. The number of nitrogens with one attached hydrogen (secondary N) is 1. The van der Waals surface area contributed by atoms with Gasteiger partial charge in [0.25, 0.3) is 5.91 Å². The molecule has 116 valence electrons. The first-order chi connectivity index (χ1) is 10.4. The molecule has 0 saturated carbocycles. The quantitative estimate of drug-likeness (QED) is 0.776. The molecular weight excluding hydrogens is 286 g/mol. The van der Waals surface area contributed by atoms with Crippen molar-refractivity contribution in [1.82, 2.24) is 15.1 Å². The van der Waals surface area contributed by atoms with E-state index in [1.807, 2.05) is 24.3 Å². The predicted molar refractivity (Wildman–Crippen MR) is 79.3 cm³/mol. The summed E-state index contributed by atoms with van der Waals surface area (Å²) in [6, 6.07) is 7.56. The molecule has 2 rings (SSSR count). The van der Waals surface area contributed by atoms with Crippen LogP contribution in [0.15, 0.2) is 30.5 Å². The Morgan fingerprint density at radius 1 is 1.27 bits per heavy atom. The second-order valence-corrected chi connectivity index (χ2v) is 5.13. The Morgan fingerprint density at radius 3 is 2.45 bits per heavy atom. The van der Waals surface area contributed by atoms with Gasteiger partial charge < -0.3 is 15.5 Å². The van der Waals surface area contributed by atoms with Crippen molar-refractivity contribution < 1.29 is 19.8 Å². The molecule has 0 atom stereocenters. The molecule has 7 nitrogen and oxygen atoms in total. The van der Waals surface area contributed by atoms with Crippen LogP contribution in [-0.2, 0) is 4.79 Å². The van der Waals surface area contributed by atoms with Gasteiger partial charge in [-0.1, -0.05) is 26.0 Å². The number of aliphatic carboxylic acids is 1. The van der Waals surface area contributed by atoms with Gasteiger partial charge in [-0.3, -0.25) is 9.59 Å². The average Bonchev–Trinajstić information content (AvgIpc) is 2.87. The van der Waals surface area contributed by atoms with Crippen molar-refractivity contribution in [2.45, 2.75) is 19.8 Å². The molecule has 7 heteroatoms. The summed E-state index contributed by atoms with van der Waals surface area (Å²) in [6.07, 6.45) is 1.31. The predicted octanol–water partition coefficient (Wildman–Crippen LogP) is 1.52. The number of nitrogens with zero attached hydrogens (tertiary/aromatic N) is 2. The summed E-state index contributed by atoms with van der Waals surface area (Å²) in [6.45, 7) is 3.63. The summed E-state index contributed by atoms with van der Waals surface area (Å²) >= 11 is 0. The summed E-state index contributed by atoms with van der Waals surface area (Å²) in [5.74, 6) is -1.82. The van der Waals surface area contributed by atoms with Crippen LogP contribution < -0.4 is 5.32 Å². The lowest BCUT2D eigenvalue weighted by Gasteiger charge is -2.06. The maximum atomic E-state index is 11.7. The highest BCUT2D eigenvalue weighted by atomic mass is 16.4. The summed E-state index contributed by atoms with van der Waals surface area (Å²) in [7, 11) is 0. The molecule has 0 aliphatic heterocycles. The number of carbonyl (C=O) groups excluding carboxylic acids is 1. The van der Waals surface area contributed by atoms with Crippen molar-refractivity contribution in [3.05, 3.63) is 41.7 Å². The van der Waals surface area contributed by atoms with E-state index < -0.39 is 18.4 Å². The van der Waals surface area contributed by atoms with Crippen LogP contribution in [0.1, 0.15) is 35.8 Å². The zero-order valence-corrected chi connectivity index (χ0v) is 12.3. The van der Waals surface area contributed by atoms with E-state index in [2.05, 4.69) is 24.3 Å². The Bertz CT molecular complexity index is 689. The summed E-state index contributed by atoms with van der Waals surface area (Å²) in [5, 5.41) is 24.5. The van der Waals surface area contributed by atoms with Crippen molar-refractivity contribution in [2.75, 3.05) is 6.54 Å². The zero-order chi connectivity index (χ0) is 16.3. The van der Waals surface area contributed by atoms with Gasteiger partial charge in [-0.2, -0.15) is 5.10 Å². The molecule has 0 fully saturated rings. The SMILES string of the molecule is CC(C)c1ccc(-n2cc(O)c(C(=O)NCC(=O)O)n2)cc1. The van der Waals surface area contributed by atoms with E-state index in [1.54, 1.807) is 0 Å². The maximum Gasteiger partial charge on any atom is 0.322 e. The molecule has 0 unspecified atom stereocenters. The van der Waals surface area contributed by atoms with Crippen molar-refractivity contribution in [2.24, 2.45) is 0 Å². The van der Waals surface area contributed by atoms with Crippen LogP contribution in [0, 0.1) is 0 Å². The lowest BCUT2D eigenvalue weighted by atomic mass is 10.0. The Labute approximate surface area is 127 Å². The Kier molecular flexibility index (Phi) is 4.45. The Morgan fingerprint density at radius 2 is 1.91 bits per heavy atom. The lowest BCUT2D eigenvalue weighted by Crippen LogP contribution is -2.29. The number of carboxylic acids is 1. The standard InChI is InChI=1S/C15H17N3O4/c1-9(2)10-3-5-11(6-4-10)18-8-12(19)14(17-18)15(22)16-7-13(20)21/h3-6,8-9,19H,7H2,1-2H3,(H,16,22)(H,20,21). The molecule has 0 radical (unpaired) electrons. The molecule has 3 N–H and O–H groups in total. The minimum Gasteiger partial charge on any atom is -0.504 e. The number of hydrogen-bond acceptors (Lipinski definition) is 4. The number of amides is 1.